The predicted molar refractivity (Wildman–Crippen MR) is 80.9 cm³/mol. The molecule has 1 aliphatic heterocycles. The number of carbonyl (C=O) groups excluding carboxylic acids is 1. The Morgan fingerprint density at radius 1 is 1.33 bits per heavy atom. The number of hydrogen-bond acceptors (Lipinski definition) is 4. The molecule has 1 unspecified atom stereocenters. The van der Waals surface area contributed by atoms with Crippen LogP contribution in [0.2, 0.25) is 0 Å². The molecule has 3 heterocycles. The van der Waals surface area contributed by atoms with E-state index in [0.717, 1.165) is 26.8 Å². The number of fused-ring (bicyclic) bond motifs is 2. The highest BCUT2D eigenvalue weighted by Crippen LogP contribution is 2.39. The largest absolute Gasteiger partial charge is 0.325 e. The molecule has 21 heavy (non-hydrogen) atoms. The van der Waals surface area contributed by atoms with Crippen molar-refractivity contribution in [3.05, 3.63) is 46.5 Å². The van der Waals surface area contributed by atoms with Crippen LogP contribution < -0.4 is 5.32 Å². The average Bonchev–Trinajstić information content (AvgIpc) is 2.99. The molecule has 2 aromatic heterocycles. The van der Waals surface area contributed by atoms with Gasteiger partial charge in [0, 0.05) is 17.2 Å². The molecule has 1 N–H and O–H groups in total. The third-order valence-corrected chi connectivity index (χ3v) is 4.17. The summed E-state index contributed by atoms with van der Waals surface area (Å²) in [6, 6.07) is 5.74. The van der Waals surface area contributed by atoms with E-state index in [1.54, 1.807) is 10.9 Å². The Balaban J connectivity index is 1.98. The van der Waals surface area contributed by atoms with Crippen molar-refractivity contribution in [1.29, 1.82) is 0 Å². The quantitative estimate of drug-likeness (QED) is 0.735. The highest BCUT2D eigenvalue weighted by molar-refractivity contribution is 9.10. The van der Waals surface area contributed by atoms with Crippen LogP contribution in [0.5, 0.6) is 0 Å². The van der Waals surface area contributed by atoms with Crippen LogP contribution in [-0.4, -0.2) is 25.7 Å². The number of nitrogens with zero attached hydrogens (tertiary/aromatic N) is 4. The standard InChI is InChI=1S/C14H10BrN5O/c1-20-13-9(5-18-20)12(16-6-17-13)11-8-4-7(15)2-3-10(8)19-14(11)21/h2-6,11H,1H3,(H,19,21). The van der Waals surface area contributed by atoms with Crippen molar-refractivity contribution in [3.63, 3.8) is 0 Å². The summed E-state index contributed by atoms with van der Waals surface area (Å²) in [6.45, 7) is 0. The Morgan fingerprint density at radius 3 is 3.05 bits per heavy atom. The molecule has 4 rings (SSSR count). The molecule has 3 aromatic rings. The van der Waals surface area contributed by atoms with E-state index >= 15 is 0 Å². The summed E-state index contributed by atoms with van der Waals surface area (Å²) in [5, 5.41) is 7.90. The molecule has 0 radical (unpaired) electrons. The van der Waals surface area contributed by atoms with E-state index in [0.29, 0.717) is 5.69 Å². The summed E-state index contributed by atoms with van der Waals surface area (Å²) in [6.07, 6.45) is 3.18. The Hall–Kier alpha value is -2.28. The number of anilines is 1. The van der Waals surface area contributed by atoms with Crippen molar-refractivity contribution in [2.45, 2.75) is 5.92 Å². The lowest BCUT2D eigenvalue weighted by atomic mass is 9.95. The number of aromatic nitrogens is 4. The van der Waals surface area contributed by atoms with Crippen LogP contribution in [0.3, 0.4) is 0 Å². The zero-order chi connectivity index (χ0) is 14.6. The van der Waals surface area contributed by atoms with Gasteiger partial charge in [-0.25, -0.2) is 9.97 Å². The first kappa shape index (κ1) is 12.5. The summed E-state index contributed by atoms with van der Waals surface area (Å²) in [7, 11) is 1.82. The van der Waals surface area contributed by atoms with Crippen LogP contribution in [0.4, 0.5) is 5.69 Å². The second kappa shape index (κ2) is 4.36. The van der Waals surface area contributed by atoms with Crippen LogP contribution >= 0.6 is 15.9 Å². The van der Waals surface area contributed by atoms with Gasteiger partial charge < -0.3 is 5.32 Å². The van der Waals surface area contributed by atoms with E-state index in [1.807, 2.05) is 25.2 Å². The summed E-state index contributed by atoms with van der Waals surface area (Å²) in [5.41, 5.74) is 3.14. The number of aryl methyl sites for hydroxylation is 1. The van der Waals surface area contributed by atoms with Crippen LogP contribution in [0.25, 0.3) is 11.0 Å². The molecule has 1 amide bonds. The van der Waals surface area contributed by atoms with E-state index in [-0.39, 0.29) is 5.91 Å². The topological polar surface area (TPSA) is 72.7 Å². The number of rotatable bonds is 1. The molecule has 104 valence electrons. The first-order chi connectivity index (χ1) is 10.1. The molecule has 7 heteroatoms. The van der Waals surface area contributed by atoms with E-state index < -0.39 is 5.92 Å². The third kappa shape index (κ3) is 1.77. The Labute approximate surface area is 128 Å². The second-order valence-electron chi connectivity index (χ2n) is 4.92. The number of halogens is 1. The van der Waals surface area contributed by atoms with Gasteiger partial charge in [-0.3, -0.25) is 9.48 Å². The molecular weight excluding hydrogens is 334 g/mol. The Bertz CT molecular complexity index is 888. The lowest BCUT2D eigenvalue weighted by molar-refractivity contribution is -0.116. The number of carbonyl (C=O) groups is 1. The highest BCUT2D eigenvalue weighted by Gasteiger charge is 2.34. The van der Waals surface area contributed by atoms with Crippen molar-refractivity contribution in [3.8, 4) is 0 Å². The van der Waals surface area contributed by atoms with Crippen LogP contribution in [0.1, 0.15) is 17.2 Å². The average molecular weight is 344 g/mol. The van der Waals surface area contributed by atoms with Crippen molar-refractivity contribution in [2.75, 3.05) is 5.32 Å². The van der Waals surface area contributed by atoms with Gasteiger partial charge >= 0.3 is 0 Å². The summed E-state index contributed by atoms with van der Waals surface area (Å²) >= 11 is 3.45. The number of benzene rings is 1. The molecule has 1 aliphatic rings. The summed E-state index contributed by atoms with van der Waals surface area (Å²) in [4.78, 5) is 20.9. The molecule has 0 saturated carbocycles. The Morgan fingerprint density at radius 2 is 2.19 bits per heavy atom. The fraction of sp³-hybridized carbons (Fsp3) is 0.143. The molecule has 6 nitrogen and oxygen atoms in total. The second-order valence-corrected chi connectivity index (χ2v) is 5.83. The van der Waals surface area contributed by atoms with Crippen LogP contribution in [-0.2, 0) is 11.8 Å². The van der Waals surface area contributed by atoms with Crippen molar-refractivity contribution >= 4 is 38.6 Å². The minimum absolute atomic E-state index is 0.0769. The van der Waals surface area contributed by atoms with Gasteiger partial charge in [0.25, 0.3) is 0 Å². The van der Waals surface area contributed by atoms with E-state index in [2.05, 4.69) is 36.3 Å². The van der Waals surface area contributed by atoms with Crippen molar-refractivity contribution < 1.29 is 4.79 Å². The lowest BCUT2D eigenvalue weighted by Gasteiger charge is -2.09. The molecule has 0 aliphatic carbocycles. The molecular formula is C14H10BrN5O. The summed E-state index contributed by atoms with van der Waals surface area (Å²) < 4.78 is 2.61. The maximum Gasteiger partial charge on any atom is 0.238 e. The van der Waals surface area contributed by atoms with Gasteiger partial charge in [-0.1, -0.05) is 15.9 Å². The zero-order valence-electron chi connectivity index (χ0n) is 11.0. The van der Waals surface area contributed by atoms with Gasteiger partial charge in [0.2, 0.25) is 5.91 Å². The van der Waals surface area contributed by atoms with E-state index in [9.17, 15) is 4.79 Å². The fourth-order valence-corrected chi connectivity index (χ4v) is 3.09. The fourth-order valence-electron chi connectivity index (χ4n) is 2.71. The molecule has 0 saturated heterocycles. The predicted octanol–water partition coefficient (Wildman–Crippen LogP) is 2.21. The van der Waals surface area contributed by atoms with E-state index in [4.69, 9.17) is 0 Å². The maximum atomic E-state index is 12.4. The first-order valence-electron chi connectivity index (χ1n) is 6.38. The van der Waals surface area contributed by atoms with Gasteiger partial charge in [-0.2, -0.15) is 5.10 Å². The van der Waals surface area contributed by atoms with Gasteiger partial charge in [0.15, 0.2) is 5.65 Å². The minimum atomic E-state index is -0.438. The van der Waals surface area contributed by atoms with Gasteiger partial charge in [0.1, 0.15) is 12.2 Å². The van der Waals surface area contributed by atoms with Crippen molar-refractivity contribution in [1.82, 2.24) is 19.7 Å². The monoisotopic (exact) mass is 343 g/mol. The van der Waals surface area contributed by atoms with Gasteiger partial charge in [-0.15, -0.1) is 0 Å². The minimum Gasteiger partial charge on any atom is -0.325 e. The molecule has 0 fully saturated rings. The Kier molecular flexibility index (Phi) is 2.58. The first-order valence-corrected chi connectivity index (χ1v) is 7.17. The number of hydrogen-bond donors (Lipinski definition) is 1. The molecule has 1 atom stereocenters. The van der Waals surface area contributed by atoms with Crippen LogP contribution in [0.15, 0.2) is 35.2 Å². The molecule has 0 bridgehead atoms. The maximum absolute atomic E-state index is 12.4. The normalized spacial score (nSPS) is 17.0. The lowest BCUT2D eigenvalue weighted by Crippen LogP contribution is -2.15. The SMILES string of the molecule is Cn1ncc2c(C3C(=O)Nc4ccc(Br)cc43)ncnc21. The van der Waals surface area contributed by atoms with Gasteiger partial charge in [-0.05, 0) is 23.8 Å². The van der Waals surface area contributed by atoms with Crippen LogP contribution in [0, 0.1) is 0 Å². The number of nitrogens with one attached hydrogen (secondary N) is 1. The van der Waals surface area contributed by atoms with Crippen molar-refractivity contribution in [2.24, 2.45) is 7.05 Å². The third-order valence-electron chi connectivity index (χ3n) is 3.68. The molecule has 1 aromatic carbocycles. The number of amides is 1. The zero-order valence-corrected chi connectivity index (χ0v) is 12.6. The smallest absolute Gasteiger partial charge is 0.238 e. The summed E-state index contributed by atoms with van der Waals surface area (Å²) in [5.74, 6) is -0.515. The van der Waals surface area contributed by atoms with E-state index in [1.165, 1.54) is 6.33 Å². The molecule has 0 spiro atoms. The highest BCUT2D eigenvalue weighted by atomic mass is 79.9. The van der Waals surface area contributed by atoms with Gasteiger partial charge in [0.05, 0.1) is 17.3 Å².